The van der Waals surface area contributed by atoms with Crippen LogP contribution >= 0.6 is 0 Å². The Bertz CT molecular complexity index is 1860. The molecule has 0 aliphatic rings. The third-order valence-electron chi connectivity index (χ3n) is 7.58. The molecule has 4 aromatic carbocycles. The van der Waals surface area contributed by atoms with Gasteiger partial charge >= 0.3 is 12.2 Å². The standard InChI is InChI=1S/C39H45N3O7S/c1-39(2,3)49-37(44)40-24-13-12-20-33(23-25-50(46,47)34-22-21-31-18-10-11-19-32(31)27-34)41-36(43)35(26-29-14-6-4-7-15-29)42-38(45)48-28-30-16-8-5-9-17-30/h4-11,14-19,21-23,25,27,33,35H,12-13,20,24,26,28H2,1-3H3,(H,40,44)(H,41,43)(H,42,45)/b25-23+/t33-,35-/m0/s1. The molecule has 0 aliphatic heterocycles. The largest absolute Gasteiger partial charge is 0.445 e. The van der Waals surface area contributed by atoms with E-state index in [9.17, 15) is 22.8 Å². The van der Waals surface area contributed by atoms with Crippen LogP contribution in [-0.2, 0) is 37.1 Å². The SMILES string of the molecule is CC(C)(C)OC(=O)NCCCC[C@@H](/C=C/S(=O)(=O)c1ccc2ccccc2c1)NC(=O)[C@H](Cc1ccccc1)NC(=O)OCc1ccccc1. The summed E-state index contributed by atoms with van der Waals surface area (Å²) in [5.41, 5.74) is 0.986. The molecule has 0 aromatic heterocycles. The van der Waals surface area contributed by atoms with Gasteiger partial charge in [0.25, 0.3) is 0 Å². The maximum atomic E-state index is 13.8. The molecule has 0 saturated carbocycles. The van der Waals surface area contributed by atoms with Crippen molar-refractivity contribution in [1.29, 1.82) is 0 Å². The van der Waals surface area contributed by atoms with Gasteiger partial charge in [-0.25, -0.2) is 18.0 Å². The van der Waals surface area contributed by atoms with Crippen LogP contribution in [0.2, 0.25) is 0 Å². The van der Waals surface area contributed by atoms with Crippen molar-refractivity contribution < 1.29 is 32.3 Å². The molecule has 0 radical (unpaired) electrons. The average molecular weight is 700 g/mol. The van der Waals surface area contributed by atoms with Gasteiger partial charge in [-0.1, -0.05) is 97.1 Å². The fourth-order valence-electron chi connectivity index (χ4n) is 5.08. The molecule has 0 saturated heterocycles. The Hall–Kier alpha value is -5.16. The first-order chi connectivity index (χ1) is 23.9. The number of fused-ring (bicyclic) bond motifs is 1. The highest BCUT2D eigenvalue weighted by Crippen LogP contribution is 2.21. The highest BCUT2D eigenvalue weighted by Gasteiger charge is 2.24. The molecule has 10 nitrogen and oxygen atoms in total. The lowest BCUT2D eigenvalue weighted by Gasteiger charge is -2.22. The van der Waals surface area contributed by atoms with Gasteiger partial charge in [0.2, 0.25) is 5.91 Å². The molecule has 50 heavy (non-hydrogen) atoms. The second-order valence-electron chi connectivity index (χ2n) is 12.9. The van der Waals surface area contributed by atoms with Gasteiger partial charge in [-0.15, -0.1) is 0 Å². The summed E-state index contributed by atoms with van der Waals surface area (Å²) in [5.74, 6) is -0.504. The van der Waals surface area contributed by atoms with Crippen molar-refractivity contribution in [3.63, 3.8) is 0 Å². The Labute approximate surface area is 294 Å². The van der Waals surface area contributed by atoms with Crippen molar-refractivity contribution in [2.45, 2.75) is 75.6 Å². The third kappa shape index (κ3) is 12.7. The number of hydrogen-bond acceptors (Lipinski definition) is 7. The van der Waals surface area contributed by atoms with Crippen LogP contribution in [0, 0.1) is 0 Å². The van der Waals surface area contributed by atoms with Gasteiger partial charge < -0.3 is 25.4 Å². The minimum Gasteiger partial charge on any atom is -0.445 e. The highest BCUT2D eigenvalue weighted by atomic mass is 32.2. The molecular weight excluding hydrogens is 655 g/mol. The second kappa shape index (κ2) is 18.0. The molecule has 3 N–H and O–H groups in total. The normalized spacial score (nSPS) is 12.9. The molecule has 0 fully saturated rings. The molecule has 264 valence electrons. The summed E-state index contributed by atoms with van der Waals surface area (Å²) in [4.78, 5) is 38.8. The number of unbranched alkanes of at least 4 members (excludes halogenated alkanes) is 1. The predicted molar refractivity (Wildman–Crippen MR) is 194 cm³/mol. The molecule has 3 amide bonds. The molecule has 0 bridgehead atoms. The van der Waals surface area contributed by atoms with Crippen molar-refractivity contribution in [2.75, 3.05) is 6.54 Å². The minimum absolute atomic E-state index is 0.0294. The number of hydrogen-bond donors (Lipinski definition) is 3. The van der Waals surface area contributed by atoms with Gasteiger partial charge in [-0.3, -0.25) is 4.79 Å². The summed E-state index contributed by atoms with van der Waals surface area (Å²) < 4.78 is 37.5. The van der Waals surface area contributed by atoms with Crippen molar-refractivity contribution >= 4 is 38.7 Å². The number of ether oxygens (including phenoxy) is 2. The third-order valence-corrected chi connectivity index (χ3v) is 9.01. The number of sulfone groups is 1. The fourth-order valence-corrected chi connectivity index (χ4v) is 6.18. The molecule has 4 rings (SSSR count). The maximum absolute atomic E-state index is 13.8. The predicted octanol–water partition coefficient (Wildman–Crippen LogP) is 6.84. The van der Waals surface area contributed by atoms with E-state index in [1.54, 1.807) is 39.0 Å². The Morgan fingerprint density at radius 2 is 1.40 bits per heavy atom. The Balaban J connectivity index is 1.48. The molecule has 11 heteroatoms. The first-order valence-electron chi connectivity index (χ1n) is 16.6. The molecular formula is C39H45N3O7S. The van der Waals surface area contributed by atoms with Crippen LogP contribution in [0.5, 0.6) is 0 Å². The summed E-state index contributed by atoms with van der Waals surface area (Å²) in [6.07, 6.45) is 1.80. The highest BCUT2D eigenvalue weighted by molar-refractivity contribution is 7.94. The fraction of sp³-hybridized carbons (Fsp3) is 0.308. The van der Waals surface area contributed by atoms with Crippen LogP contribution in [0.1, 0.15) is 51.2 Å². The Morgan fingerprint density at radius 1 is 0.760 bits per heavy atom. The van der Waals surface area contributed by atoms with E-state index >= 15 is 0 Å². The lowest BCUT2D eigenvalue weighted by Crippen LogP contribution is -2.50. The van der Waals surface area contributed by atoms with Crippen LogP contribution in [-0.4, -0.2) is 50.7 Å². The first kappa shape index (κ1) is 37.7. The smallest absolute Gasteiger partial charge is 0.408 e. The monoisotopic (exact) mass is 699 g/mol. The van der Waals surface area contributed by atoms with Gasteiger partial charge in [0.05, 0.1) is 4.90 Å². The van der Waals surface area contributed by atoms with E-state index in [0.29, 0.717) is 25.8 Å². The van der Waals surface area contributed by atoms with Crippen LogP contribution in [0.25, 0.3) is 10.8 Å². The topological polar surface area (TPSA) is 140 Å². The number of carbonyl (C=O) groups is 3. The van der Waals surface area contributed by atoms with Gasteiger partial charge in [0, 0.05) is 24.4 Å². The summed E-state index contributed by atoms with van der Waals surface area (Å²) in [5, 5.41) is 11.1. The minimum atomic E-state index is -3.86. The van der Waals surface area contributed by atoms with Crippen LogP contribution in [0.4, 0.5) is 9.59 Å². The summed E-state index contributed by atoms with van der Waals surface area (Å²) in [6, 6.07) is 29.1. The summed E-state index contributed by atoms with van der Waals surface area (Å²) in [6.45, 7) is 5.70. The first-order valence-corrected chi connectivity index (χ1v) is 18.1. The number of benzene rings is 4. The van der Waals surface area contributed by atoms with E-state index in [0.717, 1.165) is 27.3 Å². The van der Waals surface area contributed by atoms with Crippen molar-refractivity contribution in [3.8, 4) is 0 Å². The van der Waals surface area contributed by atoms with E-state index in [-0.39, 0.29) is 17.9 Å². The zero-order valence-electron chi connectivity index (χ0n) is 28.6. The summed E-state index contributed by atoms with van der Waals surface area (Å²) >= 11 is 0. The van der Waals surface area contributed by atoms with Gasteiger partial charge in [-0.2, -0.15) is 0 Å². The Morgan fingerprint density at radius 3 is 2.08 bits per heavy atom. The molecule has 4 aromatic rings. The number of nitrogens with one attached hydrogen (secondary N) is 3. The van der Waals surface area contributed by atoms with Gasteiger partial charge in [-0.05, 0) is 74.1 Å². The van der Waals surface area contributed by atoms with Gasteiger partial charge in [0.1, 0.15) is 18.2 Å². The average Bonchev–Trinajstić information content (AvgIpc) is 3.09. The summed E-state index contributed by atoms with van der Waals surface area (Å²) in [7, 11) is -3.86. The molecule has 0 spiro atoms. The van der Waals surface area contributed by atoms with E-state index < -0.39 is 45.6 Å². The zero-order chi connectivity index (χ0) is 36.0. The number of alkyl carbamates (subject to hydrolysis) is 2. The van der Waals surface area contributed by atoms with Crippen molar-refractivity contribution in [2.24, 2.45) is 0 Å². The lowest BCUT2D eigenvalue weighted by molar-refractivity contribution is -0.123. The number of amides is 3. The molecule has 0 aliphatic carbocycles. The zero-order valence-corrected chi connectivity index (χ0v) is 29.4. The van der Waals surface area contributed by atoms with Crippen LogP contribution in [0.15, 0.2) is 120 Å². The number of carbonyl (C=O) groups excluding carboxylic acids is 3. The van der Waals surface area contributed by atoms with Crippen molar-refractivity contribution in [3.05, 3.63) is 126 Å². The van der Waals surface area contributed by atoms with E-state index in [4.69, 9.17) is 9.47 Å². The van der Waals surface area contributed by atoms with Crippen molar-refractivity contribution in [1.82, 2.24) is 16.0 Å². The second-order valence-corrected chi connectivity index (χ2v) is 14.7. The van der Waals surface area contributed by atoms with E-state index in [2.05, 4.69) is 16.0 Å². The van der Waals surface area contributed by atoms with E-state index in [1.165, 1.54) is 6.08 Å². The van der Waals surface area contributed by atoms with Gasteiger partial charge in [0.15, 0.2) is 9.84 Å². The number of rotatable bonds is 15. The maximum Gasteiger partial charge on any atom is 0.408 e. The molecule has 0 unspecified atom stereocenters. The molecule has 0 heterocycles. The quantitative estimate of drug-likeness (QED) is 0.115. The lowest BCUT2D eigenvalue weighted by atomic mass is 10.0. The van der Waals surface area contributed by atoms with Crippen LogP contribution < -0.4 is 16.0 Å². The van der Waals surface area contributed by atoms with E-state index in [1.807, 2.05) is 84.9 Å². The van der Waals surface area contributed by atoms with Crippen LogP contribution in [0.3, 0.4) is 0 Å². The Kier molecular flexibility index (Phi) is 13.6. The molecule has 2 atom stereocenters.